The van der Waals surface area contributed by atoms with Gasteiger partial charge in [0.15, 0.2) is 6.04 Å². The number of rotatable bonds is 4. The van der Waals surface area contributed by atoms with Gasteiger partial charge in [0, 0.05) is 47.2 Å². The molecule has 7 heteroatoms. The number of aromatic hydroxyl groups is 1. The van der Waals surface area contributed by atoms with E-state index in [0.29, 0.717) is 17.7 Å². The van der Waals surface area contributed by atoms with Crippen LogP contribution in [0.25, 0.3) is 0 Å². The molecule has 3 rings (SSSR count). The number of allylic oxidation sites excluding steroid dienone is 4. The average Bonchev–Trinajstić information content (AvgIpc) is 2.73. The largest absolute Gasteiger partial charge is 1.00 e. The van der Waals surface area contributed by atoms with E-state index in [1.54, 1.807) is 6.21 Å². The number of halogens is 2. The molecule has 0 bridgehead atoms. The molecule has 0 aliphatic heterocycles. The quantitative estimate of drug-likeness (QED) is 0.320. The molecular weight excluding hydrogens is 538 g/mol. The summed E-state index contributed by atoms with van der Waals surface area (Å²) in [6.07, 6.45) is 12.1. The van der Waals surface area contributed by atoms with Crippen molar-refractivity contribution in [2.75, 3.05) is 0 Å². The van der Waals surface area contributed by atoms with Crippen LogP contribution in [-0.4, -0.2) is 33.4 Å². The van der Waals surface area contributed by atoms with E-state index in [1.807, 2.05) is 35.2 Å². The number of aliphatic hydroxyl groups is 1. The number of hydrazone groups is 1. The Labute approximate surface area is 240 Å². The van der Waals surface area contributed by atoms with E-state index >= 15 is 0 Å². The Balaban J connectivity index is 0.00000408. The molecule has 1 saturated carbocycles. The average molecular weight is 579 g/mol. The summed E-state index contributed by atoms with van der Waals surface area (Å²) in [5.74, 6) is 0.617. The fourth-order valence-electron chi connectivity index (χ4n) is 4.64. The van der Waals surface area contributed by atoms with Gasteiger partial charge in [0.25, 0.3) is 0 Å². The Morgan fingerprint density at radius 2 is 1.58 bits per heavy atom. The molecule has 36 heavy (non-hydrogen) atoms. The summed E-state index contributed by atoms with van der Waals surface area (Å²) >= 11 is 0. The monoisotopic (exact) mass is 578 g/mol. The number of para-hydroxylation sites is 1. The van der Waals surface area contributed by atoms with Gasteiger partial charge >= 0.3 is 0 Å². The van der Waals surface area contributed by atoms with Crippen molar-refractivity contribution >= 4 is 12.4 Å². The molecule has 0 unspecified atom stereocenters. The number of aliphatic hydroxyl groups excluding tert-OH is 1. The summed E-state index contributed by atoms with van der Waals surface area (Å²) in [6.45, 7) is 16.8. The standard InChI is InChI=1S/C29H40N2O2.2ClH.Co/c1-20-16-22(27(33)25(17-20)29(5,6)7)19-31(23-13-9-8-10-14-23)30-18-21-12-11-15-24(26(21)32)28(2,3)4;;;/h11-12,15,17-19,23H,1,8-10,13-14,16H2,2-7H3,(H,30,32);2*1H;/p-1. The molecule has 0 atom stereocenters. The molecule has 0 heterocycles. The molecule has 0 saturated heterocycles. The van der Waals surface area contributed by atoms with Gasteiger partial charge < -0.3 is 35.0 Å². The maximum Gasteiger partial charge on any atom is 0.203 e. The first-order valence-electron chi connectivity index (χ1n) is 12.2. The second kappa shape index (κ2) is 13.9. The molecule has 4 nitrogen and oxygen atoms in total. The van der Waals surface area contributed by atoms with Gasteiger partial charge in [0.2, 0.25) is 6.21 Å². The number of phenols is 1. The number of phenolic OH excluding ortho intramolecular Hbond substituents is 1. The van der Waals surface area contributed by atoms with Crippen LogP contribution in [0.3, 0.4) is 0 Å². The third-order valence-electron chi connectivity index (χ3n) is 6.58. The summed E-state index contributed by atoms with van der Waals surface area (Å²) in [4.78, 5) is 0. The van der Waals surface area contributed by atoms with E-state index in [-0.39, 0.29) is 64.2 Å². The van der Waals surface area contributed by atoms with Crippen LogP contribution in [0.5, 0.6) is 5.75 Å². The fraction of sp³-hybridized carbons (Fsp3) is 0.517. The minimum Gasteiger partial charge on any atom is -1.00 e. The molecule has 203 valence electrons. The zero-order chi connectivity index (χ0) is 24.4. The number of hydrogen-bond donors (Lipinski definition) is 2. The van der Waals surface area contributed by atoms with Gasteiger partial charge in [-0.2, -0.15) is 0 Å². The molecule has 1 aromatic rings. The predicted octanol–water partition coefficient (Wildman–Crippen LogP) is 1.19. The summed E-state index contributed by atoms with van der Waals surface area (Å²) < 4.78 is 2.01. The Kier molecular flexibility index (Phi) is 13.3. The van der Waals surface area contributed by atoms with Crippen molar-refractivity contribution in [3.05, 3.63) is 64.5 Å². The molecule has 1 aromatic carbocycles. The van der Waals surface area contributed by atoms with Gasteiger partial charge in [0.05, 0.1) is 5.57 Å². The van der Waals surface area contributed by atoms with E-state index in [0.717, 1.165) is 35.1 Å². The van der Waals surface area contributed by atoms with Gasteiger partial charge in [-0.25, -0.2) is 0 Å². The van der Waals surface area contributed by atoms with E-state index in [2.05, 4.69) is 48.1 Å². The summed E-state index contributed by atoms with van der Waals surface area (Å²) in [5.41, 5.74) is 4.03. The van der Waals surface area contributed by atoms with Crippen molar-refractivity contribution in [2.24, 2.45) is 10.5 Å². The first-order valence-corrected chi connectivity index (χ1v) is 12.2. The van der Waals surface area contributed by atoms with Gasteiger partial charge in [-0.1, -0.05) is 83.0 Å². The molecule has 2 aliphatic carbocycles. The SMILES string of the molecule is C=C1C=C(C(C)(C)C)C(O)=C(C=[N+](N=Cc2cccc(C(C)(C)C)c2O)C2CCCCC2)C1.[Cl-].[Cl-].[Co]. The second-order valence-electron chi connectivity index (χ2n) is 11.6. The first kappa shape index (κ1) is 34.5. The summed E-state index contributed by atoms with van der Waals surface area (Å²) in [5, 5.41) is 26.8. The Bertz CT molecular complexity index is 1040. The van der Waals surface area contributed by atoms with Crippen LogP contribution in [0.15, 0.2) is 58.4 Å². The van der Waals surface area contributed by atoms with Crippen LogP contribution < -0.4 is 24.8 Å². The van der Waals surface area contributed by atoms with Crippen LogP contribution in [0, 0.1) is 5.41 Å². The van der Waals surface area contributed by atoms with Crippen LogP contribution in [0.4, 0.5) is 0 Å². The van der Waals surface area contributed by atoms with E-state index in [9.17, 15) is 10.2 Å². The van der Waals surface area contributed by atoms with Crippen molar-refractivity contribution in [3.63, 3.8) is 0 Å². The zero-order valence-corrected chi connectivity index (χ0v) is 24.9. The minimum atomic E-state index is -0.176. The molecule has 0 spiro atoms. The Morgan fingerprint density at radius 1 is 0.972 bits per heavy atom. The Morgan fingerprint density at radius 3 is 2.14 bits per heavy atom. The molecule has 0 aromatic heterocycles. The van der Waals surface area contributed by atoms with E-state index < -0.39 is 0 Å². The predicted molar refractivity (Wildman–Crippen MR) is 139 cm³/mol. The fourth-order valence-corrected chi connectivity index (χ4v) is 4.64. The summed E-state index contributed by atoms with van der Waals surface area (Å²) in [7, 11) is 0. The van der Waals surface area contributed by atoms with Crippen LogP contribution >= 0.6 is 0 Å². The molecule has 2 aliphatic rings. The number of hydrogen-bond acceptors (Lipinski definition) is 3. The van der Waals surface area contributed by atoms with Crippen molar-refractivity contribution < 1.29 is 56.5 Å². The van der Waals surface area contributed by atoms with Crippen LogP contribution in [0.2, 0.25) is 0 Å². The number of nitrogens with zero attached hydrogens (tertiary/aromatic N) is 2. The molecule has 2 N–H and O–H groups in total. The minimum absolute atomic E-state index is 0. The molecular formula is C29H41Cl2CoN2O2-. The van der Waals surface area contributed by atoms with Gasteiger partial charge in [-0.3, -0.25) is 0 Å². The zero-order valence-electron chi connectivity index (χ0n) is 22.4. The van der Waals surface area contributed by atoms with Gasteiger partial charge in [0.1, 0.15) is 17.7 Å². The Hall–Kier alpha value is -1.53. The molecule has 1 fully saturated rings. The second-order valence-corrected chi connectivity index (χ2v) is 11.6. The van der Waals surface area contributed by atoms with Crippen molar-refractivity contribution in [1.82, 2.24) is 0 Å². The van der Waals surface area contributed by atoms with Crippen LogP contribution in [0.1, 0.15) is 91.2 Å². The molecule has 1 radical (unpaired) electrons. The van der Waals surface area contributed by atoms with Gasteiger partial charge in [-0.15, -0.1) is 0 Å². The smallest absolute Gasteiger partial charge is 0.203 e. The third kappa shape index (κ3) is 8.51. The maximum atomic E-state index is 11.1. The molecule has 0 amide bonds. The maximum absolute atomic E-state index is 11.1. The van der Waals surface area contributed by atoms with E-state index in [1.165, 1.54) is 19.3 Å². The van der Waals surface area contributed by atoms with Crippen molar-refractivity contribution in [2.45, 2.75) is 91.5 Å². The van der Waals surface area contributed by atoms with Crippen molar-refractivity contribution in [1.29, 1.82) is 0 Å². The van der Waals surface area contributed by atoms with Gasteiger partial charge in [-0.05, 0) is 40.4 Å². The van der Waals surface area contributed by atoms with Crippen molar-refractivity contribution in [3.8, 4) is 5.75 Å². The summed E-state index contributed by atoms with van der Waals surface area (Å²) in [6, 6.07) is 6.11. The topological polar surface area (TPSA) is 55.8 Å². The number of benzene rings is 1. The first-order chi connectivity index (χ1) is 15.4. The third-order valence-corrected chi connectivity index (χ3v) is 6.58. The van der Waals surface area contributed by atoms with E-state index in [4.69, 9.17) is 5.10 Å². The normalized spacial score (nSPS) is 17.8. The van der Waals surface area contributed by atoms with Crippen LogP contribution in [-0.2, 0) is 22.2 Å².